The minimum atomic E-state index is -0.347. The third kappa shape index (κ3) is 6.84. The fraction of sp³-hybridized carbons (Fsp3) is 0.700. The van der Waals surface area contributed by atoms with Gasteiger partial charge in [0.15, 0.2) is 0 Å². The molecule has 2 amide bonds. The van der Waals surface area contributed by atoms with Crippen LogP contribution in [-0.2, 0) is 4.79 Å². The zero-order valence-corrected chi connectivity index (χ0v) is 22.7. The first-order chi connectivity index (χ1) is 17.9. The van der Waals surface area contributed by atoms with Crippen molar-refractivity contribution in [1.29, 1.82) is 0 Å². The number of pyridine rings is 1. The van der Waals surface area contributed by atoms with Crippen LogP contribution in [0.3, 0.4) is 0 Å². The number of nitrogens with zero attached hydrogens (tertiary/aromatic N) is 3. The van der Waals surface area contributed by atoms with Crippen molar-refractivity contribution >= 4 is 11.8 Å². The minimum Gasteiger partial charge on any atom is -0.472 e. The third-order valence-electron chi connectivity index (χ3n) is 8.33. The van der Waals surface area contributed by atoms with Crippen LogP contribution in [0.4, 0.5) is 0 Å². The van der Waals surface area contributed by atoms with Crippen molar-refractivity contribution in [3.05, 3.63) is 23.4 Å². The summed E-state index contributed by atoms with van der Waals surface area (Å²) in [7, 11) is 1.85. The van der Waals surface area contributed by atoms with Crippen molar-refractivity contribution in [3.8, 4) is 17.7 Å². The molecule has 7 nitrogen and oxygen atoms in total. The van der Waals surface area contributed by atoms with E-state index >= 15 is 0 Å². The van der Waals surface area contributed by atoms with Gasteiger partial charge in [0.05, 0.1) is 19.2 Å². The van der Waals surface area contributed by atoms with Crippen molar-refractivity contribution in [1.82, 2.24) is 14.8 Å². The summed E-state index contributed by atoms with van der Waals surface area (Å²) in [6, 6.07) is 1.43. The minimum absolute atomic E-state index is 0.0553. The van der Waals surface area contributed by atoms with Crippen LogP contribution in [0.15, 0.2) is 12.3 Å². The molecule has 0 unspecified atom stereocenters. The smallest absolute Gasteiger partial charge is 0.259 e. The second-order valence-electron chi connectivity index (χ2n) is 11.4. The van der Waals surface area contributed by atoms with Gasteiger partial charge in [0.2, 0.25) is 11.8 Å². The van der Waals surface area contributed by atoms with Gasteiger partial charge in [-0.15, -0.1) is 0 Å². The molecule has 3 aliphatic rings. The Morgan fingerprint density at radius 1 is 1.19 bits per heavy atom. The SMILES string of the molecule is C[C@@H]1CN([C@@H](C)CO)C(=O)c2cc(C#CC3CCCCC3)cnc2O[C@@H]1CN(C)C(=O)C1CCCCC1. The van der Waals surface area contributed by atoms with Crippen molar-refractivity contribution in [2.75, 3.05) is 26.7 Å². The van der Waals surface area contributed by atoms with Crippen molar-refractivity contribution < 1.29 is 19.4 Å². The molecule has 202 valence electrons. The molecule has 0 bridgehead atoms. The summed E-state index contributed by atoms with van der Waals surface area (Å²) < 4.78 is 6.38. The lowest BCUT2D eigenvalue weighted by atomic mass is 9.88. The van der Waals surface area contributed by atoms with Crippen LogP contribution < -0.4 is 4.74 Å². The molecule has 1 aromatic rings. The molecule has 2 fully saturated rings. The number of likely N-dealkylation sites (N-methyl/N-ethyl adjacent to an activating group) is 1. The molecule has 1 aliphatic heterocycles. The van der Waals surface area contributed by atoms with Gasteiger partial charge in [-0.1, -0.05) is 57.3 Å². The van der Waals surface area contributed by atoms with Crippen LogP contribution in [0.5, 0.6) is 5.88 Å². The Balaban J connectivity index is 1.58. The van der Waals surface area contributed by atoms with Crippen LogP contribution >= 0.6 is 0 Å². The zero-order chi connectivity index (χ0) is 26.4. The highest BCUT2D eigenvalue weighted by Gasteiger charge is 2.35. The van der Waals surface area contributed by atoms with Gasteiger partial charge < -0.3 is 19.6 Å². The number of aromatic nitrogens is 1. The molecular weight excluding hydrogens is 466 g/mol. The number of aliphatic hydroxyl groups is 1. The molecule has 0 spiro atoms. The normalized spacial score (nSPS) is 24.1. The van der Waals surface area contributed by atoms with Gasteiger partial charge >= 0.3 is 0 Å². The Bertz CT molecular complexity index is 1000. The molecule has 0 saturated heterocycles. The van der Waals surface area contributed by atoms with E-state index in [1.165, 1.54) is 25.7 Å². The second kappa shape index (κ2) is 12.8. The van der Waals surface area contributed by atoms with Crippen LogP contribution in [-0.4, -0.2) is 70.6 Å². The van der Waals surface area contributed by atoms with Crippen LogP contribution in [0.1, 0.15) is 94.0 Å². The lowest BCUT2D eigenvalue weighted by molar-refractivity contribution is -0.136. The number of hydrogen-bond acceptors (Lipinski definition) is 5. The maximum atomic E-state index is 13.6. The number of rotatable bonds is 5. The van der Waals surface area contributed by atoms with Gasteiger partial charge in [-0.3, -0.25) is 9.59 Å². The van der Waals surface area contributed by atoms with E-state index in [1.54, 1.807) is 22.1 Å². The average molecular weight is 510 g/mol. The van der Waals surface area contributed by atoms with E-state index in [1.807, 2.05) is 20.9 Å². The Labute approximate surface area is 222 Å². The molecule has 0 radical (unpaired) electrons. The van der Waals surface area contributed by atoms with Crippen molar-refractivity contribution in [3.63, 3.8) is 0 Å². The van der Waals surface area contributed by atoms with E-state index in [9.17, 15) is 14.7 Å². The number of amides is 2. The van der Waals surface area contributed by atoms with Crippen LogP contribution in [0, 0.1) is 29.6 Å². The summed E-state index contributed by atoms with van der Waals surface area (Å²) >= 11 is 0. The highest BCUT2D eigenvalue weighted by atomic mass is 16.5. The molecule has 2 heterocycles. The number of ether oxygens (including phenoxy) is 1. The van der Waals surface area contributed by atoms with E-state index in [0.717, 1.165) is 38.5 Å². The van der Waals surface area contributed by atoms with E-state index in [0.29, 0.717) is 30.1 Å². The summed E-state index contributed by atoms with van der Waals surface area (Å²) in [4.78, 5) is 34.8. The number of aliphatic hydroxyl groups excluding tert-OH is 1. The number of fused-ring (bicyclic) bond motifs is 1. The highest BCUT2D eigenvalue weighted by molar-refractivity contribution is 5.97. The Morgan fingerprint density at radius 3 is 2.54 bits per heavy atom. The summed E-state index contributed by atoms with van der Waals surface area (Å²) in [5.74, 6) is 7.30. The Morgan fingerprint density at radius 2 is 1.86 bits per heavy atom. The fourth-order valence-corrected chi connectivity index (χ4v) is 5.84. The maximum Gasteiger partial charge on any atom is 0.259 e. The summed E-state index contributed by atoms with van der Waals surface area (Å²) in [5, 5.41) is 9.90. The number of carbonyl (C=O) groups excluding carboxylic acids is 2. The van der Waals surface area contributed by atoms with Crippen LogP contribution in [0.2, 0.25) is 0 Å². The standard InChI is InChI=1S/C30H43N3O4/c1-21-18-33(22(2)20-34)30(36)26-16-24(15-14-23-10-6-4-7-11-23)17-31-28(26)37-27(21)19-32(3)29(35)25-12-8-5-9-13-25/h16-17,21-23,25,27,34H,4-13,18-20H2,1-3H3/t21-,22+,27-/m1/s1. The predicted molar refractivity (Wildman–Crippen MR) is 143 cm³/mol. The van der Waals surface area contributed by atoms with Gasteiger partial charge in [-0.25, -0.2) is 4.98 Å². The second-order valence-corrected chi connectivity index (χ2v) is 11.4. The first-order valence-electron chi connectivity index (χ1n) is 14.2. The Hall–Kier alpha value is -2.59. The summed E-state index contributed by atoms with van der Waals surface area (Å²) in [6.07, 6.45) is 12.7. The molecular formula is C30H43N3O4. The lowest BCUT2D eigenvalue weighted by Gasteiger charge is -2.38. The summed E-state index contributed by atoms with van der Waals surface area (Å²) in [6.45, 7) is 4.60. The molecule has 2 aliphatic carbocycles. The average Bonchev–Trinajstić information content (AvgIpc) is 2.94. The Kier molecular flexibility index (Phi) is 9.48. The molecule has 1 aromatic heterocycles. The summed E-state index contributed by atoms with van der Waals surface area (Å²) in [5.41, 5.74) is 1.07. The largest absolute Gasteiger partial charge is 0.472 e. The van der Waals surface area contributed by atoms with Crippen LogP contribution in [0.25, 0.3) is 0 Å². The van der Waals surface area contributed by atoms with E-state index in [-0.39, 0.29) is 48.3 Å². The van der Waals surface area contributed by atoms with Crippen molar-refractivity contribution in [2.45, 2.75) is 90.2 Å². The first kappa shape index (κ1) is 27.4. The fourth-order valence-electron chi connectivity index (χ4n) is 5.84. The van der Waals surface area contributed by atoms with Gasteiger partial charge in [0, 0.05) is 43.1 Å². The maximum absolute atomic E-state index is 13.6. The van der Waals surface area contributed by atoms with E-state index in [2.05, 4.69) is 16.8 Å². The highest BCUT2D eigenvalue weighted by Crippen LogP contribution is 2.29. The topological polar surface area (TPSA) is 83.0 Å². The third-order valence-corrected chi connectivity index (χ3v) is 8.33. The van der Waals surface area contributed by atoms with E-state index in [4.69, 9.17) is 4.74 Å². The molecule has 2 saturated carbocycles. The number of carbonyl (C=O) groups is 2. The number of hydrogen-bond donors (Lipinski definition) is 1. The molecule has 1 N–H and O–H groups in total. The molecule has 0 aromatic carbocycles. The lowest BCUT2D eigenvalue weighted by Crippen LogP contribution is -2.51. The molecule has 3 atom stereocenters. The van der Waals surface area contributed by atoms with Gasteiger partial charge in [-0.2, -0.15) is 0 Å². The van der Waals surface area contributed by atoms with Gasteiger partial charge in [0.1, 0.15) is 11.7 Å². The van der Waals surface area contributed by atoms with Crippen molar-refractivity contribution in [2.24, 2.45) is 17.8 Å². The molecule has 37 heavy (non-hydrogen) atoms. The first-order valence-corrected chi connectivity index (χ1v) is 14.2. The molecule has 7 heteroatoms. The van der Waals surface area contributed by atoms with Gasteiger partial charge in [-0.05, 0) is 38.7 Å². The zero-order valence-electron chi connectivity index (χ0n) is 22.7. The predicted octanol–water partition coefficient (Wildman–Crippen LogP) is 4.27. The monoisotopic (exact) mass is 509 g/mol. The van der Waals surface area contributed by atoms with Gasteiger partial charge in [0.25, 0.3) is 5.91 Å². The molecule has 4 rings (SSSR count). The quantitative estimate of drug-likeness (QED) is 0.600. The van der Waals surface area contributed by atoms with E-state index < -0.39 is 0 Å².